The molecule has 3 heteroatoms. The molecule has 1 rings (SSSR count). The van der Waals surface area contributed by atoms with Crippen molar-refractivity contribution >= 4 is 17.3 Å². The van der Waals surface area contributed by atoms with Gasteiger partial charge in [-0.3, -0.25) is 0 Å². The zero-order valence-corrected chi connectivity index (χ0v) is 6.22. The van der Waals surface area contributed by atoms with Crippen LogP contribution in [0, 0.1) is 5.92 Å². The summed E-state index contributed by atoms with van der Waals surface area (Å²) in [6, 6.07) is 0. The van der Waals surface area contributed by atoms with E-state index < -0.39 is 0 Å². The van der Waals surface area contributed by atoms with Gasteiger partial charge in [0, 0.05) is 18.2 Å². The average Bonchev–Trinajstić information content (AvgIpc) is 1.80. The van der Waals surface area contributed by atoms with Crippen molar-refractivity contribution in [3.63, 3.8) is 0 Å². The molecule has 0 saturated carbocycles. The van der Waals surface area contributed by atoms with Gasteiger partial charge >= 0.3 is 0 Å². The Kier molecular flexibility index (Phi) is 1.71. The van der Waals surface area contributed by atoms with Crippen LogP contribution in [-0.4, -0.2) is 11.7 Å². The van der Waals surface area contributed by atoms with Crippen molar-refractivity contribution in [3.8, 4) is 0 Å². The lowest BCUT2D eigenvalue weighted by molar-refractivity contribution is 0.592. The predicted octanol–water partition coefficient (Wildman–Crippen LogP) is 0.614. The van der Waals surface area contributed by atoms with Crippen molar-refractivity contribution in [2.24, 2.45) is 5.92 Å². The largest absolute Gasteiger partial charge is 0.362 e. The van der Waals surface area contributed by atoms with Crippen molar-refractivity contribution < 1.29 is 0 Å². The van der Waals surface area contributed by atoms with E-state index in [1.165, 1.54) is 0 Å². The van der Waals surface area contributed by atoms with E-state index in [0.717, 1.165) is 12.2 Å². The van der Waals surface area contributed by atoms with Crippen LogP contribution in [0.4, 0.5) is 0 Å². The average molecular weight is 142 g/mol. The van der Waals surface area contributed by atoms with Gasteiger partial charge in [-0.25, -0.2) is 0 Å². The van der Waals surface area contributed by atoms with Crippen molar-refractivity contribution in [1.29, 1.82) is 0 Å². The molecule has 0 aliphatic carbocycles. The van der Waals surface area contributed by atoms with Crippen molar-refractivity contribution in [3.05, 3.63) is 12.3 Å². The summed E-state index contributed by atoms with van der Waals surface area (Å²) in [5, 5.41) is 6.67. The number of hydrogen-bond donors (Lipinski definition) is 2. The molecule has 1 atom stereocenters. The molecule has 9 heavy (non-hydrogen) atoms. The molecular formula is C6H10N2S. The van der Waals surface area contributed by atoms with E-state index in [2.05, 4.69) is 24.1 Å². The van der Waals surface area contributed by atoms with Crippen LogP contribution >= 0.6 is 12.2 Å². The third kappa shape index (κ3) is 1.42. The smallest absolute Gasteiger partial charge is 0.170 e. The Bertz CT molecular complexity index is 153. The molecule has 1 unspecified atom stereocenters. The SMILES string of the molecule is C=C1NC(=S)NCC1C. The fourth-order valence-electron chi connectivity index (χ4n) is 0.682. The summed E-state index contributed by atoms with van der Waals surface area (Å²) in [7, 11) is 0. The lowest BCUT2D eigenvalue weighted by Gasteiger charge is -2.24. The molecule has 1 heterocycles. The summed E-state index contributed by atoms with van der Waals surface area (Å²) < 4.78 is 0. The first-order valence-electron chi connectivity index (χ1n) is 2.94. The second-order valence-corrected chi connectivity index (χ2v) is 2.67. The monoisotopic (exact) mass is 142 g/mol. The topological polar surface area (TPSA) is 24.1 Å². The number of nitrogens with one attached hydrogen (secondary N) is 2. The Labute approximate surface area is 60.3 Å². The molecular weight excluding hydrogens is 132 g/mol. The van der Waals surface area contributed by atoms with Gasteiger partial charge in [0.25, 0.3) is 0 Å². The first-order chi connectivity index (χ1) is 4.20. The highest BCUT2D eigenvalue weighted by molar-refractivity contribution is 7.80. The highest BCUT2D eigenvalue weighted by Gasteiger charge is 2.13. The van der Waals surface area contributed by atoms with E-state index in [0.29, 0.717) is 11.0 Å². The zero-order valence-electron chi connectivity index (χ0n) is 5.40. The van der Waals surface area contributed by atoms with Crippen LogP contribution in [-0.2, 0) is 0 Å². The second-order valence-electron chi connectivity index (χ2n) is 2.26. The highest BCUT2D eigenvalue weighted by Crippen LogP contribution is 2.06. The van der Waals surface area contributed by atoms with Crippen LogP contribution in [0.5, 0.6) is 0 Å². The normalized spacial score (nSPS) is 27.0. The standard InChI is InChI=1S/C6H10N2S/c1-4-3-7-6(9)8-5(4)2/h4H,2-3H2,1H3,(H2,7,8,9). The molecule has 0 amide bonds. The van der Waals surface area contributed by atoms with Gasteiger partial charge in [0.15, 0.2) is 5.11 Å². The zero-order chi connectivity index (χ0) is 6.85. The molecule has 1 fully saturated rings. The molecule has 2 nitrogen and oxygen atoms in total. The molecule has 0 aromatic heterocycles. The Morgan fingerprint density at radius 2 is 2.44 bits per heavy atom. The molecule has 2 N–H and O–H groups in total. The van der Waals surface area contributed by atoms with E-state index in [9.17, 15) is 0 Å². The van der Waals surface area contributed by atoms with Gasteiger partial charge in [0.2, 0.25) is 0 Å². The Morgan fingerprint density at radius 1 is 1.78 bits per heavy atom. The Morgan fingerprint density at radius 3 is 2.89 bits per heavy atom. The lowest BCUT2D eigenvalue weighted by atomic mass is 10.1. The maximum Gasteiger partial charge on any atom is 0.170 e. The molecule has 1 aliphatic heterocycles. The Hall–Kier alpha value is -0.570. The fourth-order valence-corrected chi connectivity index (χ4v) is 0.897. The van der Waals surface area contributed by atoms with E-state index in [-0.39, 0.29) is 0 Å². The molecule has 0 aromatic carbocycles. The van der Waals surface area contributed by atoms with E-state index >= 15 is 0 Å². The maximum atomic E-state index is 4.85. The van der Waals surface area contributed by atoms with Crippen LogP contribution in [0.25, 0.3) is 0 Å². The lowest BCUT2D eigenvalue weighted by Crippen LogP contribution is -2.45. The van der Waals surface area contributed by atoms with Gasteiger partial charge in [-0.2, -0.15) is 0 Å². The van der Waals surface area contributed by atoms with Gasteiger partial charge in [-0.1, -0.05) is 13.5 Å². The minimum absolute atomic E-state index is 0.483. The minimum Gasteiger partial charge on any atom is -0.362 e. The fraction of sp³-hybridized carbons (Fsp3) is 0.500. The summed E-state index contributed by atoms with van der Waals surface area (Å²) in [4.78, 5) is 0. The summed E-state index contributed by atoms with van der Waals surface area (Å²) in [6.45, 7) is 6.82. The van der Waals surface area contributed by atoms with Gasteiger partial charge in [-0.05, 0) is 12.2 Å². The molecule has 0 aromatic rings. The van der Waals surface area contributed by atoms with Gasteiger partial charge < -0.3 is 10.6 Å². The van der Waals surface area contributed by atoms with Crippen LogP contribution in [0.2, 0.25) is 0 Å². The third-order valence-corrected chi connectivity index (χ3v) is 1.68. The van der Waals surface area contributed by atoms with Gasteiger partial charge in [-0.15, -0.1) is 0 Å². The summed E-state index contributed by atoms with van der Waals surface area (Å²) in [6.07, 6.45) is 0. The summed E-state index contributed by atoms with van der Waals surface area (Å²) >= 11 is 4.85. The third-order valence-electron chi connectivity index (χ3n) is 1.44. The first kappa shape index (κ1) is 6.55. The van der Waals surface area contributed by atoms with Crippen LogP contribution < -0.4 is 10.6 Å². The van der Waals surface area contributed by atoms with E-state index in [1.54, 1.807) is 0 Å². The van der Waals surface area contributed by atoms with E-state index in [4.69, 9.17) is 12.2 Å². The maximum absolute atomic E-state index is 4.85. The quantitative estimate of drug-likeness (QED) is 0.485. The number of rotatable bonds is 0. The van der Waals surface area contributed by atoms with Gasteiger partial charge in [0.05, 0.1) is 0 Å². The van der Waals surface area contributed by atoms with Crippen molar-refractivity contribution in [2.75, 3.05) is 6.54 Å². The predicted molar refractivity (Wildman–Crippen MR) is 42.0 cm³/mol. The molecule has 0 spiro atoms. The molecule has 0 radical (unpaired) electrons. The Balaban J connectivity index is 2.54. The highest BCUT2D eigenvalue weighted by atomic mass is 32.1. The minimum atomic E-state index is 0.483. The molecule has 1 aliphatic rings. The summed E-state index contributed by atoms with van der Waals surface area (Å²) in [5.41, 5.74) is 1.01. The number of thiocarbonyl (C=S) groups is 1. The van der Waals surface area contributed by atoms with Crippen molar-refractivity contribution in [1.82, 2.24) is 10.6 Å². The summed E-state index contributed by atoms with van der Waals surface area (Å²) in [5.74, 6) is 0.483. The molecule has 1 saturated heterocycles. The first-order valence-corrected chi connectivity index (χ1v) is 3.34. The second kappa shape index (κ2) is 2.35. The number of hydrogen-bond acceptors (Lipinski definition) is 1. The van der Waals surface area contributed by atoms with E-state index in [1.807, 2.05) is 0 Å². The van der Waals surface area contributed by atoms with Crippen molar-refractivity contribution in [2.45, 2.75) is 6.92 Å². The molecule has 0 bridgehead atoms. The van der Waals surface area contributed by atoms with Crippen LogP contribution in [0.3, 0.4) is 0 Å². The molecule has 50 valence electrons. The van der Waals surface area contributed by atoms with Crippen LogP contribution in [0.1, 0.15) is 6.92 Å². The van der Waals surface area contributed by atoms with Crippen LogP contribution in [0.15, 0.2) is 12.3 Å². The van der Waals surface area contributed by atoms with Gasteiger partial charge in [0.1, 0.15) is 0 Å².